The number of nitrogens with one attached hydrogen (secondary N) is 1. The first-order valence-electron chi connectivity index (χ1n) is 11.7. The smallest absolute Gasteiger partial charge is 0.243 e. The molecule has 1 fully saturated rings. The van der Waals surface area contributed by atoms with Crippen molar-refractivity contribution in [1.82, 2.24) is 4.31 Å². The van der Waals surface area contributed by atoms with E-state index in [1.165, 1.54) is 22.5 Å². The first-order chi connectivity index (χ1) is 17.3. The number of hydrogen-bond acceptors (Lipinski definition) is 5. The van der Waals surface area contributed by atoms with Crippen LogP contribution in [0.4, 0.5) is 5.69 Å². The van der Waals surface area contributed by atoms with Gasteiger partial charge < -0.3 is 10.1 Å². The maximum Gasteiger partial charge on any atom is 0.243 e. The van der Waals surface area contributed by atoms with Crippen LogP contribution < -0.4 is 10.1 Å². The molecule has 1 N–H and O–H groups in total. The van der Waals surface area contributed by atoms with Crippen LogP contribution >= 0.6 is 11.6 Å². The van der Waals surface area contributed by atoms with Crippen LogP contribution in [-0.4, -0.2) is 44.1 Å². The Morgan fingerprint density at radius 2 is 1.78 bits per heavy atom. The molecule has 188 valence electrons. The van der Waals surface area contributed by atoms with Gasteiger partial charge in [-0.2, -0.15) is 4.31 Å². The number of sulfonamides is 1. The van der Waals surface area contributed by atoms with E-state index in [1.807, 2.05) is 13.0 Å². The van der Waals surface area contributed by atoms with Gasteiger partial charge in [-0.05, 0) is 62.2 Å². The number of rotatable bonds is 8. The highest BCUT2D eigenvalue weighted by Crippen LogP contribution is 2.28. The summed E-state index contributed by atoms with van der Waals surface area (Å²) in [6, 6.07) is 19.7. The second-order valence-electron chi connectivity index (χ2n) is 8.48. The van der Waals surface area contributed by atoms with E-state index in [0.29, 0.717) is 48.0 Å². The van der Waals surface area contributed by atoms with E-state index in [2.05, 4.69) is 5.32 Å². The number of halogens is 1. The van der Waals surface area contributed by atoms with Crippen molar-refractivity contribution in [3.8, 4) is 5.75 Å². The zero-order valence-corrected chi connectivity index (χ0v) is 21.4. The van der Waals surface area contributed by atoms with Gasteiger partial charge in [0, 0.05) is 29.2 Å². The number of nitrogens with zero attached hydrogens (tertiary/aromatic N) is 1. The van der Waals surface area contributed by atoms with Gasteiger partial charge in [-0.15, -0.1) is 0 Å². The highest BCUT2D eigenvalue weighted by molar-refractivity contribution is 7.89. The van der Waals surface area contributed by atoms with Crippen molar-refractivity contribution in [2.75, 3.05) is 25.0 Å². The van der Waals surface area contributed by atoms with Gasteiger partial charge in [0.1, 0.15) is 5.75 Å². The van der Waals surface area contributed by atoms with Gasteiger partial charge in [-0.1, -0.05) is 41.9 Å². The summed E-state index contributed by atoms with van der Waals surface area (Å²) >= 11 is 6.14. The van der Waals surface area contributed by atoms with Crippen molar-refractivity contribution >= 4 is 39.0 Å². The van der Waals surface area contributed by atoms with E-state index in [1.54, 1.807) is 48.5 Å². The Labute approximate surface area is 216 Å². The molecule has 0 aromatic heterocycles. The molecule has 0 radical (unpaired) electrons. The van der Waals surface area contributed by atoms with Crippen molar-refractivity contribution < 1.29 is 22.7 Å². The number of benzene rings is 3. The Hall–Kier alpha value is -3.20. The summed E-state index contributed by atoms with van der Waals surface area (Å²) in [5.41, 5.74) is 1.09. The Balaban J connectivity index is 1.50. The minimum absolute atomic E-state index is 0.0525. The molecule has 7 nitrogen and oxygen atoms in total. The molecule has 0 aliphatic carbocycles. The molecule has 0 unspecified atom stereocenters. The normalized spacial score (nSPS) is 16.3. The second-order valence-corrected chi connectivity index (χ2v) is 10.9. The molecule has 0 saturated carbocycles. The Kier molecular flexibility index (Phi) is 8.08. The lowest BCUT2D eigenvalue weighted by Crippen LogP contribution is -2.43. The summed E-state index contributed by atoms with van der Waals surface area (Å²) in [5.74, 6) is -0.578. The third-order valence-corrected chi connectivity index (χ3v) is 8.16. The third-order valence-electron chi connectivity index (χ3n) is 6.05. The number of hydrogen-bond donors (Lipinski definition) is 1. The van der Waals surface area contributed by atoms with Gasteiger partial charge in [0.15, 0.2) is 5.78 Å². The van der Waals surface area contributed by atoms with E-state index in [0.717, 1.165) is 0 Å². The fraction of sp³-hybridized carbons (Fsp3) is 0.259. The summed E-state index contributed by atoms with van der Waals surface area (Å²) in [7, 11) is -3.77. The number of amides is 1. The first kappa shape index (κ1) is 25.9. The van der Waals surface area contributed by atoms with Crippen LogP contribution in [-0.2, 0) is 14.8 Å². The Bertz CT molecular complexity index is 1340. The maximum absolute atomic E-state index is 13.2. The van der Waals surface area contributed by atoms with Crippen molar-refractivity contribution in [2.24, 2.45) is 5.92 Å². The zero-order chi connectivity index (χ0) is 25.7. The molecule has 0 spiro atoms. The minimum atomic E-state index is -3.77. The van der Waals surface area contributed by atoms with Crippen LogP contribution in [0.3, 0.4) is 0 Å². The molecule has 1 amide bonds. The maximum atomic E-state index is 13.2. The number of ketones is 1. The van der Waals surface area contributed by atoms with Crippen molar-refractivity contribution in [3.05, 3.63) is 88.9 Å². The van der Waals surface area contributed by atoms with E-state index in [-0.39, 0.29) is 28.7 Å². The van der Waals surface area contributed by atoms with E-state index in [9.17, 15) is 18.0 Å². The van der Waals surface area contributed by atoms with Gasteiger partial charge in [0.25, 0.3) is 0 Å². The number of anilines is 1. The molecule has 1 heterocycles. The van der Waals surface area contributed by atoms with E-state index < -0.39 is 15.9 Å². The summed E-state index contributed by atoms with van der Waals surface area (Å²) in [6.07, 6.45) is 1.08. The first-order valence-corrected chi connectivity index (χ1v) is 13.5. The Morgan fingerprint density at radius 3 is 2.47 bits per heavy atom. The van der Waals surface area contributed by atoms with Crippen LogP contribution in [0, 0.1) is 5.92 Å². The molecule has 1 saturated heterocycles. The van der Waals surface area contributed by atoms with Gasteiger partial charge in [0.05, 0.1) is 23.1 Å². The molecule has 4 rings (SSSR count). The van der Waals surface area contributed by atoms with Crippen LogP contribution in [0.5, 0.6) is 5.75 Å². The number of carbonyl (C=O) groups excluding carboxylic acids is 2. The topological polar surface area (TPSA) is 92.8 Å². The predicted molar refractivity (Wildman–Crippen MR) is 139 cm³/mol. The minimum Gasteiger partial charge on any atom is -0.494 e. The van der Waals surface area contributed by atoms with Crippen molar-refractivity contribution in [1.29, 1.82) is 0 Å². The number of ether oxygens (including phenoxy) is 1. The molecular formula is C27H27ClN2O5S. The van der Waals surface area contributed by atoms with Crippen molar-refractivity contribution in [2.45, 2.75) is 24.7 Å². The molecule has 9 heteroatoms. The molecule has 36 heavy (non-hydrogen) atoms. The lowest BCUT2D eigenvalue weighted by atomic mass is 9.97. The lowest BCUT2D eigenvalue weighted by molar-refractivity contribution is -0.120. The lowest BCUT2D eigenvalue weighted by Gasteiger charge is -2.31. The molecule has 1 aliphatic rings. The highest BCUT2D eigenvalue weighted by Gasteiger charge is 2.33. The van der Waals surface area contributed by atoms with Gasteiger partial charge in [-0.3, -0.25) is 9.59 Å². The summed E-state index contributed by atoms with van der Waals surface area (Å²) in [4.78, 5) is 26.4. The fourth-order valence-electron chi connectivity index (χ4n) is 4.19. The fourth-order valence-corrected chi connectivity index (χ4v) is 5.89. The number of piperidine rings is 1. The summed E-state index contributed by atoms with van der Waals surface area (Å²) in [6.45, 7) is 2.73. The zero-order valence-electron chi connectivity index (χ0n) is 19.8. The molecule has 1 atom stereocenters. The quantitative estimate of drug-likeness (QED) is 0.416. The second kappa shape index (κ2) is 11.2. The van der Waals surface area contributed by atoms with E-state index >= 15 is 0 Å². The van der Waals surface area contributed by atoms with Crippen LogP contribution in [0.15, 0.2) is 77.7 Å². The monoisotopic (exact) mass is 526 g/mol. The van der Waals surface area contributed by atoms with Crippen LogP contribution in [0.2, 0.25) is 5.02 Å². The molecule has 0 bridgehead atoms. The number of carbonyl (C=O) groups is 2. The Morgan fingerprint density at radius 1 is 1.06 bits per heavy atom. The van der Waals surface area contributed by atoms with Gasteiger partial charge in [-0.25, -0.2) is 8.42 Å². The molecule has 1 aliphatic heterocycles. The average Bonchev–Trinajstić information content (AvgIpc) is 2.90. The van der Waals surface area contributed by atoms with Gasteiger partial charge in [0.2, 0.25) is 15.9 Å². The molecular weight excluding hydrogens is 500 g/mol. The average molecular weight is 527 g/mol. The van der Waals surface area contributed by atoms with Gasteiger partial charge >= 0.3 is 0 Å². The SMILES string of the molecule is CCOc1ccc(S(=O)(=O)N2CCC[C@H](C(=O)Nc3ccc(Cl)cc3C(=O)c3ccccc3)C2)cc1. The van der Waals surface area contributed by atoms with Crippen LogP contribution in [0.25, 0.3) is 0 Å². The largest absolute Gasteiger partial charge is 0.494 e. The summed E-state index contributed by atoms with van der Waals surface area (Å²) in [5, 5.41) is 3.21. The summed E-state index contributed by atoms with van der Waals surface area (Å²) < 4.78 is 33.2. The third kappa shape index (κ3) is 5.78. The predicted octanol–water partition coefficient (Wildman–Crippen LogP) is 5.01. The highest BCUT2D eigenvalue weighted by atomic mass is 35.5. The van der Waals surface area contributed by atoms with Crippen molar-refractivity contribution in [3.63, 3.8) is 0 Å². The standard InChI is InChI=1S/C27H27ClN2O5S/c1-2-35-22-11-13-23(14-12-22)36(33,34)30-16-6-9-20(18-30)27(32)29-25-15-10-21(28)17-24(25)26(31)19-7-4-3-5-8-19/h3-5,7-8,10-15,17,20H,2,6,9,16,18H2,1H3,(H,29,32)/t20-/m0/s1. The van der Waals surface area contributed by atoms with E-state index in [4.69, 9.17) is 16.3 Å². The molecule has 3 aromatic carbocycles. The van der Waals surface area contributed by atoms with Crippen LogP contribution in [0.1, 0.15) is 35.7 Å². The molecule has 3 aromatic rings.